The van der Waals surface area contributed by atoms with Crippen LogP contribution >= 0.6 is 11.6 Å². The summed E-state index contributed by atoms with van der Waals surface area (Å²) >= 11 is 6.03. The molecule has 0 saturated carbocycles. The fraction of sp³-hybridized carbons (Fsp3) is 0.182. The minimum Gasteiger partial charge on any atom is -0.489 e. The number of hydrogen-bond acceptors (Lipinski definition) is 2. The van der Waals surface area contributed by atoms with Crippen LogP contribution in [-0.4, -0.2) is 0 Å². The maximum Gasteiger partial charge on any atom is 0.124 e. The molecule has 0 atom stereocenters. The lowest BCUT2D eigenvalue weighted by Gasteiger charge is -2.14. The molecule has 0 aliphatic rings. The van der Waals surface area contributed by atoms with Gasteiger partial charge in [0.25, 0.3) is 0 Å². The minimum atomic E-state index is 0.501. The molecule has 0 unspecified atom stereocenters. The predicted octanol–water partition coefficient (Wildman–Crippen LogP) is 6.15. The second kappa shape index (κ2) is 8.09. The van der Waals surface area contributed by atoms with Crippen molar-refractivity contribution < 1.29 is 4.74 Å². The highest BCUT2D eigenvalue weighted by atomic mass is 35.5. The summed E-state index contributed by atoms with van der Waals surface area (Å²) in [7, 11) is 0. The monoisotopic (exact) mass is 351 g/mol. The van der Waals surface area contributed by atoms with Gasteiger partial charge >= 0.3 is 0 Å². The molecule has 3 aromatic carbocycles. The molecule has 0 aliphatic carbocycles. The topological polar surface area (TPSA) is 21.3 Å². The van der Waals surface area contributed by atoms with Gasteiger partial charge in [-0.15, -0.1) is 0 Å². The van der Waals surface area contributed by atoms with Crippen LogP contribution in [0.1, 0.15) is 22.3 Å². The minimum absolute atomic E-state index is 0.501. The predicted molar refractivity (Wildman–Crippen MR) is 105 cm³/mol. The Hall–Kier alpha value is -2.45. The molecule has 128 valence electrons. The van der Waals surface area contributed by atoms with Crippen molar-refractivity contribution in [3.63, 3.8) is 0 Å². The van der Waals surface area contributed by atoms with E-state index in [9.17, 15) is 0 Å². The van der Waals surface area contributed by atoms with Gasteiger partial charge in [-0.1, -0.05) is 48.0 Å². The zero-order valence-corrected chi connectivity index (χ0v) is 15.3. The number of rotatable bonds is 6. The molecule has 25 heavy (non-hydrogen) atoms. The third-order valence-corrected chi connectivity index (χ3v) is 4.48. The number of ether oxygens (including phenoxy) is 1. The van der Waals surface area contributed by atoms with E-state index in [1.54, 1.807) is 0 Å². The SMILES string of the molecule is Cc1ccc(NCc2ccccc2OCc2cccc(Cl)c2)cc1C. The summed E-state index contributed by atoms with van der Waals surface area (Å²) in [5, 5.41) is 4.20. The van der Waals surface area contributed by atoms with Crippen LogP contribution in [0.2, 0.25) is 5.02 Å². The number of hydrogen-bond donors (Lipinski definition) is 1. The molecular formula is C22H22ClNO. The first kappa shape index (κ1) is 17.4. The van der Waals surface area contributed by atoms with Crippen molar-refractivity contribution in [2.75, 3.05) is 5.32 Å². The number of anilines is 1. The standard InChI is InChI=1S/C22H22ClNO/c1-16-10-11-21(12-17(16)2)24-14-19-7-3-4-9-22(19)25-15-18-6-5-8-20(23)13-18/h3-13,24H,14-15H2,1-2H3. The van der Waals surface area contributed by atoms with Crippen LogP contribution < -0.4 is 10.1 Å². The maximum atomic E-state index is 6.03. The summed E-state index contributed by atoms with van der Waals surface area (Å²) in [6.07, 6.45) is 0. The van der Waals surface area contributed by atoms with Crippen LogP contribution in [0, 0.1) is 13.8 Å². The molecule has 0 amide bonds. The first-order valence-corrected chi connectivity index (χ1v) is 8.76. The molecule has 0 aliphatic heterocycles. The Morgan fingerprint density at radius 2 is 1.72 bits per heavy atom. The van der Waals surface area contributed by atoms with Crippen LogP contribution in [0.4, 0.5) is 5.69 Å². The summed E-state index contributed by atoms with van der Waals surface area (Å²) in [5.41, 5.74) is 5.89. The molecule has 3 heteroatoms. The summed E-state index contributed by atoms with van der Waals surface area (Å²) < 4.78 is 6.01. The molecule has 0 saturated heterocycles. The van der Waals surface area contributed by atoms with E-state index in [2.05, 4.69) is 43.4 Å². The first-order chi connectivity index (χ1) is 12.1. The fourth-order valence-electron chi connectivity index (χ4n) is 2.63. The van der Waals surface area contributed by atoms with Gasteiger partial charge < -0.3 is 10.1 Å². The van der Waals surface area contributed by atoms with Crippen LogP contribution in [-0.2, 0) is 13.2 Å². The summed E-state index contributed by atoms with van der Waals surface area (Å²) in [6, 6.07) is 22.3. The van der Waals surface area contributed by atoms with Crippen molar-refractivity contribution >= 4 is 17.3 Å². The highest BCUT2D eigenvalue weighted by Crippen LogP contribution is 2.22. The molecule has 0 aromatic heterocycles. The third kappa shape index (κ3) is 4.77. The lowest BCUT2D eigenvalue weighted by atomic mass is 10.1. The first-order valence-electron chi connectivity index (χ1n) is 8.38. The van der Waals surface area contributed by atoms with Gasteiger partial charge in [-0.2, -0.15) is 0 Å². The Bertz CT molecular complexity index is 860. The van der Waals surface area contributed by atoms with Gasteiger partial charge in [-0.25, -0.2) is 0 Å². The molecule has 0 fully saturated rings. The molecule has 3 rings (SSSR count). The average molecular weight is 352 g/mol. The zero-order valence-electron chi connectivity index (χ0n) is 14.6. The van der Waals surface area contributed by atoms with Gasteiger partial charge in [0.05, 0.1) is 0 Å². The third-order valence-electron chi connectivity index (χ3n) is 4.25. The largest absolute Gasteiger partial charge is 0.489 e. The summed E-state index contributed by atoms with van der Waals surface area (Å²) in [4.78, 5) is 0. The van der Waals surface area contributed by atoms with Crippen molar-refractivity contribution in [2.45, 2.75) is 27.0 Å². The van der Waals surface area contributed by atoms with Crippen molar-refractivity contribution in [3.8, 4) is 5.75 Å². The Morgan fingerprint density at radius 1 is 0.880 bits per heavy atom. The Kier molecular flexibility index (Phi) is 5.62. The highest BCUT2D eigenvalue weighted by molar-refractivity contribution is 6.30. The summed E-state index contributed by atoms with van der Waals surface area (Å²) in [5.74, 6) is 0.888. The average Bonchev–Trinajstić information content (AvgIpc) is 2.62. The van der Waals surface area contributed by atoms with E-state index in [-0.39, 0.29) is 0 Å². The van der Waals surface area contributed by atoms with Gasteiger partial charge in [-0.05, 0) is 60.9 Å². The van der Waals surface area contributed by atoms with Gasteiger partial charge in [0.1, 0.15) is 12.4 Å². The van der Waals surface area contributed by atoms with E-state index in [0.717, 1.165) is 27.6 Å². The molecule has 2 nitrogen and oxygen atoms in total. The van der Waals surface area contributed by atoms with Gasteiger partial charge in [0, 0.05) is 22.8 Å². The summed E-state index contributed by atoms with van der Waals surface area (Å²) in [6.45, 7) is 5.47. The highest BCUT2D eigenvalue weighted by Gasteiger charge is 2.04. The number of benzene rings is 3. The zero-order chi connectivity index (χ0) is 17.6. The van der Waals surface area contributed by atoms with E-state index >= 15 is 0 Å². The molecule has 3 aromatic rings. The Labute approximate surface area is 154 Å². The normalized spacial score (nSPS) is 10.5. The van der Waals surface area contributed by atoms with Crippen LogP contribution in [0.3, 0.4) is 0 Å². The van der Waals surface area contributed by atoms with E-state index in [1.165, 1.54) is 11.1 Å². The van der Waals surface area contributed by atoms with E-state index in [0.29, 0.717) is 13.2 Å². The Morgan fingerprint density at radius 3 is 2.52 bits per heavy atom. The number of nitrogens with one attached hydrogen (secondary N) is 1. The van der Waals surface area contributed by atoms with Gasteiger partial charge in [0.15, 0.2) is 0 Å². The lowest BCUT2D eigenvalue weighted by Crippen LogP contribution is -2.04. The van der Waals surface area contributed by atoms with Crippen LogP contribution in [0.15, 0.2) is 66.7 Å². The second-order valence-corrected chi connectivity index (χ2v) is 6.62. The van der Waals surface area contributed by atoms with Crippen molar-refractivity contribution in [1.29, 1.82) is 0 Å². The van der Waals surface area contributed by atoms with E-state index in [1.807, 2.05) is 42.5 Å². The number of para-hydroxylation sites is 1. The lowest BCUT2D eigenvalue weighted by molar-refractivity contribution is 0.303. The molecule has 0 bridgehead atoms. The smallest absolute Gasteiger partial charge is 0.124 e. The molecule has 0 radical (unpaired) electrons. The number of halogens is 1. The second-order valence-electron chi connectivity index (χ2n) is 6.18. The fourth-order valence-corrected chi connectivity index (χ4v) is 2.84. The van der Waals surface area contributed by atoms with Gasteiger partial charge in [0.2, 0.25) is 0 Å². The molecule has 1 N–H and O–H groups in total. The van der Waals surface area contributed by atoms with Crippen molar-refractivity contribution in [3.05, 3.63) is 94.0 Å². The van der Waals surface area contributed by atoms with Gasteiger partial charge in [-0.3, -0.25) is 0 Å². The quantitative estimate of drug-likeness (QED) is 0.575. The van der Waals surface area contributed by atoms with Crippen molar-refractivity contribution in [2.24, 2.45) is 0 Å². The van der Waals surface area contributed by atoms with Crippen LogP contribution in [0.5, 0.6) is 5.75 Å². The van der Waals surface area contributed by atoms with Crippen LogP contribution in [0.25, 0.3) is 0 Å². The molecule has 0 spiro atoms. The molecular weight excluding hydrogens is 330 g/mol. The van der Waals surface area contributed by atoms with E-state index < -0.39 is 0 Å². The van der Waals surface area contributed by atoms with E-state index in [4.69, 9.17) is 16.3 Å². The maximum absolute atomic E-state index is 6.03. The molecule has 0 heterocycles. The van der Waals surface area contributed by atoms with Crippen molar-refractivity contribution in [1.82, 2.24) is 0 Å². The number of aryl methyl sites for hydroxylation is 2. The Balaban J connectivity index is 1.67.